The van der Waals surface area contributed by atoms with E-state index < -0.39 is 17.7 Å². The molecule has 0 aliphatic carbocycles. The number of morpholine rings is 1. The van der Waals surface area contributed by atoms with E-state index in [1.54, 1.807) is 37.3 Å². The summed E-state index contributed by atoms with van der Waals surface area (Å²) in [6.45, 7) is 12.8. The van der Waals surface area contributed by atoms with Crippen LogP contribution in [0.25, 0.3) is 5.76 Å². The van der Waals surface area contributed by atoms with Crippen LogP contribution in [0.15, 0.2) is 42.0 Å². The topological polar surface area (TPSA) is 109 Å². The second kappa shape index (κ2) is 14.6. The van der Waals surface area contributed by atoms with Gasteiger partial charge in [0.1, 0.15) is 11.5 Å². The number of carbonyl (C=O) groups is 2. The lowest BCUT2D eigenvalue weighted by molar-refractivity contribution is -0.140. The van der Waals surface area contributed by atoms with Gasteiger partial charge < -0.3 is 29.3 Å². The van der Waals surface area contributed by atoms with Gasteiger partial charge in [0, 0.05) is 31.7 Å². The quantitative estimate of drug-likeness (QED) is 0.221. The van der Waals surface area contributed by atoms with Gasteiger partial charge in [-0.3, -0.25) is 14.5 Å². The monoisotopic (exact) mass is 588 g/mol. The zero-order valence-electron chi connectivity index (χ0n) is 24.2. The van der Waals surface area contributed by atoms with Crippen molar-refractivity contribution in [3.05, 3.63) is 58.7 Å². The van der Waals surface area contributed by atoms with Crippen LogP contribution >= 0.6 is 12.4 Å². The Labute approximate surface area is 248 Å². The summed E-state index contributed by atoms with van der Waals surface area (Å²) in [5.41, 5.74) is 1.82. The Bertz CT molecular complexity index is 1260. The van der Waals surface area contributed by atoms with Gasteiger partial charge in [-0.15, -0.1) is 12.4 Å². The molecule has 2 heterocycles. The smallest absolute Gasteiger partial charge is 0.295 e. The van der Waals surface area contributed by atoms with Gasteiger partial charge in [0.05, 0.1) is 38.0 Å². The molecular weight excluding hydrogens is 548 g/mol. The zero-order valence-corrected chi connectivity index (χ0v) is 25.0. The molecule has 9 nitrogen and oxygen atoms in total. The van der Waals surface area contributed by atoms with Crippen LogP contribution in [-0.4, -0.2) is 84.3 Å². The minimum absolute atomic E-state index is 0. The van der Waals surface area contributed by atoms with E-state index in [2.05, 4.69) is 18.7 Å². The number of hydrogen-bond donors (Lipinski definition) is 2. The van der Waals surface area contributed by atoms with Gasteiger partial charge in [0.15, 0.2) is 11.5 Å². The molecule has 1 amide bonds. The number of amides is 1. The predicted molar refractivity (Wildman–Crippen MR) is 159 cm³/mol. The van der Waals surface area contributed by atoms with Crippen molar-refractivity contribution in [2.75, 3.05) is 52.6 Å². The molecule has 2 aliphatic rings. The molecule has 0 spiro atoms. The van der Waals surface area contributed by atoms with Crippen LogP contribution < -0.4 is 9.47 Å². The first-order valence-electron chi connectivity index (χ1n) is 14.0. The van der Waals surface area contributed by atoms with Crippen molar-refractivity contribution >= 4 is 29.9 Å². The molecule has 2 aromatic rings. The number of ether oxygens (including phenoxy) is 3. The number of aryl methyl sites for hydroxylation is 1. The lowest BCUT2D eigenvalue weighted by Gasteiger charge is -2.29. The molecule has 2 aliphatic heterocycles. The highest BCUT2D eigenvalue weighted by Gasteiger charge is 2.46. The summed E-state index contributed by atoms with van der Waals surface area (Å²) in [7, 11) is 0. The number of carbonyl (C=O) groups excluding carboxylic acids is 2. The van der Waals surface area contributed by atoms with E-state index in [0.29, 0.717) is 62.2 Å². The summed E-state index contributed by atoms with van der Waals surface area (Å²) in [5.74, 6) is -0.373. The minimum Gasteiger partial charge on any atom is -0.507 e. The number of ketones is 1. The largest absolute Gasteiger partial charge is 0.507 e. The standard InChI is InChI=1S/C31H40N2O7.ClH/c1-5-39-26-18-22(7-9-24(26)34)28-27(29(35)23-8-10-25(21(4)17-23)40-19-20(2)3)30(36)31(37)33(28)12-6-11-32-13-15-38-16-14-32;/h7-10,17-18,20,28,34-35H,5-6,11-16,19H2,1-4H3;1H. The first-order chi connectivity index (χ1) is 19.2. The molecule has 2 aromatic carbocycles. The third-order valence-corrected chi connectivity index (χ3v) is 7.14. The Kier molecular flexibility index (Phi) is 11.5. The van der Waals surface area contributed by atoms with Crippen molar-refractivity contribution in [1.82, 2.24) is 9.80 Å². The first kappa shape index (κ1) is 32.2. The van der Waals surface area contributed by atoms with E-state index in [1.165, 1.54) is 11.0 Å². The van der Waals surface area contributed by atoms with Crippen molar-refractivity contribution in [3.8, 4) is 17.2 Å². The number of aliphatic hydroxyl groups excluding tert-OH is 1. The summed E-state index contributed by atoms with van der Waals surface area (Å²) in [4.78, 5) is 30.6. The van der Waals surface area contributed by atoms with Crippen LogP contribution in [0.2, 0.25) is 0 Å². The van der Waals surface area contributed by atoms with Crippen LogP contribution in [0.4, 0.5) is 0 Å². The average molecular weight is 589 g/mol. The number of halogens is 1. The highest BCUT2D eigenvalue weighted by Crippen LogP contribution is 2.42. The number of nitrogens with zero attached hydrogens (tertiary/aromatic N) is 2. The van der Waals surface area contributed by atoms with E-state index in [-0.39, 0.29) is 35.2 Å². The number of phenolic OH excluding ortho intramolecular Hbond substituents is 1. The summed E-state index contributed by atoms with van der Waals surface area (Å²) >= 11 is 0. The molecular formula is C31H41ClN2O7. The molecule has 2 N–H and O–H groups in total. The van der Waals surface area contributed by atoms with Crippen LogP contribution in [-0.2, 0) is 14.3 Å². The van der Waals surface area contributed by atoms with Crippen LogP contribution in [0, 0.1) is 12.8 Å². The number of hydrogen-bond acceptors (Lipinski definition) is 8. The first-order valence-corrected chi connectivity index (χ1v) is 14.0. The molecule has 1 atom stereocenters. The second-order valence-corrected chi connectivity index (χ2v) is 10.6. The third-order valence-electron chi connectivity index (χ3n) is 7.14. The normalized spacial score (nSPS) is 19.0. The lowest BCUT2D eigenvalue weighted by atomic mass is 9.94. The number of phenols is 1. The summed E-state index contributed by atoms with van der Waals surface area (Å²) in [5, 5.41) is 21.8. The van der Waals surface area contributed by atoms with Gasteiger partial charge in [0.25, 0.3) is 11.7 Å². The van der Waals surface area contributed by atoms with E-state index in [1.807, 2.05) is 6.92 Å². The van der Waals surface area contributed by atoms with Crippen molar-refractivity contribution < 1.29 is 34.0 Å². The number of benzene rings is 2. The maximum absolute atomic E-state index is 13.4. The predicted octanol–water partition coefficient (Wildman–Crippen LogP) is 4.70. The average Bonchev–Trinajstić information content (AvgIpc) is 3.19. The molecule has 1 unspecified atom stereocenters. The number of likely N-dealkylation sites (tertiary alicyclic amines) is 1. The number of aromatic hydroxyl groups is 1. The Balaban J connectivity index is 0.00000462. The molecule has 2 fully saturated rings. The van der Waals surface area contributed by atoms with Gasteiger partial charge in [-0.2, -0.15) is 0 Å². The summed E-state index contributed by atoms with van der Waals surface area (Å²) in [6, 6.07) is 9.17. The molecule has 0 saturated carbocycles. The number of rotatable bonds is 11. The third kappa shape index (κ3) is 7.52. The fourth-order valence-electron chi connectivity index (χ4n) is 5.09. The highest BCUT2D eigenvalue weighted by atomic mass is 35.5. The second-order valence-electron chi connectivity index (χ2n) is 10.6. The van der Waals surface area contributed by atoms with Crippen LogP contribution in [0.1, 0.15) is 49.9 Å². The number of Topliss-reactive ketones (excluding diaryl/α,β-unsaturated/α-hetero) is 1. The molecule has 2 saturated heterocycles. The van der Waals surface area contributed by atoms with Crippen molar-refractivity contribution in [3.63, 3.8) is 0 Å². The van der Waals surface area contributed by atoms with E-state index in [0.717, 1.165) is 25.2 Å². The van der Waals surface area contributed by atoms with Crippen LogP contribution in [0.5, 0.6) is 17.2 Å². The summed E-state index contributed by atoms with van der Waals surface area (Å²) < 4.78 is 16.9. The number of aliphatic hydroxyl groups is 1. The van der Waals surface area contributed by atoms with E-state index in [9.17, 15) is 19.8 Å². The fourth-order valence-corrected chi connectivity index (χ4v) is 5.09. The van der Waals surface area contributed by atoms with Crippen LogP contribution in [0.3, 0.4) is 0 Å². The molecule has 4 rings (SSSR count). The van der Waals surface area contributed by atoms with Crippen molar-refractivity contribution in [2.24, 2.45) is 5.92 Å². The van der Waals surface area contributed by atoms with Gasteiger partial charge >= 0.3 is 0 Å². The van der Waals surface area contributed by atoms with Gasteiger partial charge in [-0.1, -0.05) is 19.9 Å². The molecule has 10 heteroatoms. The minimum atomic E-state index is -0.832. The maximum atomic E-state index is 13.4. The Morgan fingerprint density at radius 1 is 1.05 bits per heavy atom. The molecule has 0 aromatic heterocycles. The van der Waals surface area contributed by atoms with Crippen molar-refractivity contribution in [2.45, 2.75) is 40.2 Å². The maximum Gasteiger partial charge on any atom is 0.295 e. The molecule has 0 bridgehead atoms. The zero-order chi connectivity index (χ0) is 28.8. The Morgan fingerprint density at radius 2 is 1.78 bits per heavy atom. The van der Waals surface area contributed by atoms with Crippen molar-refractivity contribution in [1.29, 1.82) is 0 Å². The molecule has 0 radical (unpaired) electrons. The van der Waals surface area contributed by atoms with E-state index in [4.69, 9.17) is 14.2 Å². The SMILES string of the molecule is CCOc1cc(C2C(=C(O)c3ccc(OCC(C)C)c(C)c3)C(=O)C(=O)N2CCCN2CCOCC2)ccc1O.Cl. The highest BCUT2D eigenvalue weighted by molar-refractivity contribution is 6.46. The van der Waals surface area contributed by atoms with Gasteiger partial charge in [-0.25, -0.2) is 0 Å². The van der Waals surface area contributed by atoms with Gasteiger partial charge in [0.2, 0.25) is 0 Å². The molecule has 224 valence electrons. The Morgan fingerprint density at radius 3 is 2.44 bits per heavy atom. The summed E-state index contributed by atoms with van der Waals surface area (Å²) in [6.07, 6.45) is 0.654. The van der Waals surface area contributed by atoms with Gasteiger partial charge in [-0.05, 0) is 67.6 Å². The molecule has 41 heavy (non-hydrogen) atoms. The fraction of sp³-hybridized carbons (Fsp3) is 0.484. The Hall–Kier alpha value is -3.27. The lowest BCUT2D eigenvalue weighted by Crippen LogP contribution is -2.38. The van der Waals surface area contributed by atoms with E-state index >= 15 is 0 Å².